The van der Waals surface area contributed by atoms with Gasteiger partial charge in [-0.25, -0.2) is 8.78 Å². The summed E-state index contributed by atoms with van der Waals surface area (Å²) in [4.78, 5) is 14.1. The number of rotatable bonds is 2. The summed E-state index contributed by atoms with van der Waals surface area (Å²) in [6, 6.07) is 2.02. The summed E-state index contributed by atoms with van der Waals surface area (Å²) in [5, 5.41) is 0. The Morgan fingerprint density at radius 2 is 1.76 bits per heavy atom. The summed E-state index contributed by atoms with van der Waals surface area (Å²) < 4.78 is 40.8. The molecule has 2 aliphatic heterocycles. The van der Waals surface area contributed by atoms with Gasteiger partial charge in [0.15, 0.2) is 0 Å². The summed E-state index contributed by atoms with van der Waals surface area (Å²) in [6.07, 6.45) is 1.75. The number of carbonyl (C=O) groups is 1. The maximum absolute atomic E-state index is 14.6. The van der Waals surface area contributed by atoms with Crippen molar-refractivity contribution in [2.45, 2.75) is 64.7 Å². The summed E-state index contributed by atoms with van der Waals surface area (Å²) in [5.41, 5.74) is -1.58. The van der Waals surface area contributed by atoms with Crippen LogP contribution in [0.5, 0.6) is 0 Å². The third-order valence-corrected chi connectivity index (χ3v) is 5.64. The van der Waals surface area contributed by atoms with Crippen LogP contribution in [-0.2, 0) is 9.31 Å². The molecule has 3 rings (SSSR count). The highest BCUT2D eigenvalue weighted by molar-refractivity contribution is 6.62. The Labute approximate surface area is 147 Å². The molecule has 1 amide bonds. The molecule has 2 fully saturated rings. The lowest BCUT2D eigenvalue weighted by molar-refractivity contribution is 0.00578. The number of nitrogens with zero attached hydrogens (tertiary/aromatic N) is 1. The number of hydrogen-bond acceptors (Lipinski definition) is 3. The van der Waals surface area contributed by atoms with E-state index in [2.05, 4.69) is 0 Å². The second-order valence-electron chi connectivity index (χ2n) is 7.93. The number of benzene rings is 1. The lowest BCUT2D eigenvalue weighted by Crippen LogP contribution is -2.41. The van der Waals surface area contributed by atoms with Gasteiger partial charge in [-0.05, 0) is 59.6 Å². The number of amides is 1. The van der Waals surface area contributed by atoms with Gasteiger partial charge in [-0.3, -0.25) is 4.79 Å². The molecule has 0 unspecified atom stereocenters. The molecular formula is C18H24BF2NO3. The van der Waals surface area contributed by atoms with Crippen molar-refractivity contribution in [2.24, 2.45) is 0 Å². The number of hydrogen-bond donors (Lipinski definition) is 0. The van der Waals surface area contributed by atoms with Gasteiger partial charge in [0.25, 0.3) is 5.91 Å². The van der Waals surface area contributed by atoms with Gasteiger partial charge in [0, 0.05) is 18.0 Å². The quantitative estimate of drug-likeness (QED) is 0.770. The molecular weight excluding hydrogens is 327 g/mol. The maximum atomic E-state index is 14.6. The van der Waals surface area contributed by atoms with Gasteiger partial charge in [-0.15, -0.1) is 0 Å². The Morgan fingerprint density at radius 1 is 1.16 bits per heavy atom. The van der Waals surface area contributed by atoms with E-state index in [4.69, 9.17) is 9.31 Å². The molecule has 2 aliphatic rings. The molecule has 2 saturated heterocycles. The largest absolute Gasteiger partial charge is 0.497 e. The van der Waals surface area contributed by atoms with E-state index in [9.17, 15) is 13.6 Å². The molecule has 136 valence electrons. The average molecular weight is 351 g/mol. The molecule has 0 spiro atoms. The summed E-state index contributed by atoms with van der Waals surface area (Å²) >= 11 is 0. The van der Waals surface area contributed by atoms with Gasteiger partial charge in [-0.1, -0.05) is 0 Å². The van der Waals surface area contributed by atoms with Gasteiger partial charge in [0.05, 0.1) is 16.8 Å². The number of carbonyl (C=O) groups excluding carboxylic acids is 1. The van der Waals surface area contributed by atoms with Crippen LogP contribution in [0.2, 0.25) is 0 Å². The molecule has 0 aromatic heterocycles. The van der Waals surface area contributed by atoms with Crippen LogP contribution in [0.3, 0.4) is 0 Å². The van der Waals surface area contributed by atoms with Crippen LogP contribution in [0, 0.1) is 11.6 Å². The van der Waals surface area contributed by atoms with E-state index in [-0.39, 0.29) is 17.1 Å². The highest BCUT2D eigenvalue weighted by Crippen LogP contribution is 2.36. The molecule has 4 nitrogen and oxygen atoms in total. The second-order valence-corrected chi connectivity index (χ2v) is 7.93. The van der Waals surface area contributed by atoms with E-state index in [0.29, 0.717) is 6.54 Å². The van der Waals surface area contributed by atoms with E-state index in [0.717, 1.165) is 25.0 Å². The van der Waals surface area contributed by atoms with Crippen LogP contribution in [0.4, 0.5) is 8.78 Å². The highest BCUT2D eigenvalue weighted by atomic mass is 19.1. The highest BCUT2D eigenvalue weighted by Gasteiger charge is 2.52. The van der Waals surface area contributed by atoms with E-state index < -0.39 is 35.9 Å². The Hall–Kier alpha value is -1.47. The SMILES string of the molecule is C[C@@H]1CCCN1C(=O)c1cc(F)c(B2OC(C)(C)C(C)(C)O2)cc1F. The first-order chi connectivity index (χ1) is 11.5. The molecule has 7 heteroatoms. The molecule has 0 N–H and O–H groups in total. The maximum Gasteiger partial charge on any atom is 0.497 e. The third-order valence-electron chi connectivity index (χ3n) is 5.64. The van der Waals surface area contributed by atoms with Crippen molar-refractivity contribution in [1.29, 1.82) is 0 Å². The second kappa shape index (κ2) is 6.06. The van der Waals surface area contributed by atoms with Crippen molar-refractivity contribution in [3.8, 4) is 0 Å². The van der Waals surface area contributed by atoms with Crippen molar-refractivity contribution in [1.82, 2.24) is 4.90 Å². The van der Waals surface area contributed by atoms with Crippen LogP contribution in [0.15, 0.2) is 12.1 Å². The molecule has 0 aliphatic carbocycles. The number of likely N-dealkylation sites (tertiary alicyclic amines) is 1. The Morgan fingerprint density at radius 3 is 2.28 bits per heavy atom. The van der Waals surface area contributed by atoms with Gasteiger partial charge in [0.1, 0.15) is 11.6 Å². The first kappa shape index (κ1) is 18.3. The van der Waals surface area contributed by atoms with Crippen LogP contribution in [0.1, 0.15) is 57.8 Å². The summed E-state index contributed by atoms with van der Waals surface area (Å²) in [7, 11) is -1.01. The van der Waals surface area contributed by atoms with Crippen molar-refractivity contribution in [2.75, 3.05) is 6.54 Å². The fourth-order valence-electron chi connectivity index (χ4n) is 3.27. The molecule has 1 aromatic rings. The zero-order valence-corrected chi connectivity index (χ0v) is 15.4. The standard InChI is InChI=1S/C18H24BF2NO3/c1-11-7-6-8-22(11)16(23)12-9-15(21)13(10-14(12)20)19-24-17(2,3)18(4,5)25-19/h9-11H,6-8H2,1-5H3/t11-/m1/s1. The van der Waals surface area contributed by atoms with Crippen molar-refractivity contribution in [3.63, 3.8) is 0 Å². The lowest BCUT2D eigenvalue weighted by atomic mass is 9.78. The number of halogens is 2. The van der Waals surface area contributed by atoms with E-state index in [1.807, 2.05) is 34.6 Å². The molecule has 25 heavy (non-hydrogen) atoms. The topological polar surface area (TPSA) is 38.8 Å². The Kier molecular flexibility index (Phi) is 4.44. The molecule has 1 aromatic carbocycles. The fourth-order valence-corrected chi connectivity index (χ4v) is 3.27. The van der Waals surface area contributed by atoms with Gasteiger partial charge >= 0.3 is 7.12 Å². The predicted octanol–water partition coefficient (Wildman–Crippen LogP) is 2.89. The Bertz CT molecular complexity index is 692. The van der Waals surface area contributed by atoms with Crippen LogP contribution >= 0.6 is 0 Å². The third kappa shape index (κ3) is 3.08. The van der Waals surface area contributed by atoms with E-state index in [1.165, 1.54) is 0 Å². The minimum Gasteiger partial charge on any atom is -0.399 e. The van der Waals surface area contributed by atoms with E-state index in [1.54, 1.807) is 4.90 Å². The lowest BCUT2D eigenvalue weighted by Gasteiger charge is -2.32. The fraction of sp³-hybridized carbons (Fsp3) is 0.611. The van der Waals surface area contributed by atoms with Gasteiger partial charge < -0.3 is 14.2 Å². The molecule has 0 saturated carbocycles. The zero-order valence-electron chi connectivity index (χ0n) is 15.4. The van der Waals surface area contributed by atoms with Crippen LogP contribution < -0.4 is 5.46 Å². The minimum absolute atomic E-state index is 0.0258. The first-order valence-corrected chi connectivity index (χ1v) is 8.69. The minimum atomic E-state index is -1.01. The average Bonchev–Trinajstić information content (AvgIpc) is 3.01. The molecule has 1 atom stereocenters. The van der Waals surface area contributed by atoms with Gasteiger partial charge in [0.2, 0.25) is 0 Å². The monoisotopic (exact) mass is 351 g/mol. The van der Waals surface area contributed by atoms with Crippen molar-refractivity contribution < 1.29 is 22.9 Å². The predicted molar refractivity (Wildman–Crippen MR) is 91.8 cm³/mol. The molecule has 0 radical (unpaired) electrons. The van der Waals surface area contributed by atoms with Gasteiger partial charge in [-0.2, -0.15) is 0 Å². The molecule has 0 bridgehead atoms. The van der Waals surface area contributed by atoms with Crippen LogP contribution in [-0.4, -0.2) is 41.7 Å². The normalized spacial score (nSPS) is 24.8. The zero-order chi connectivity index (χ0) is 18.6. The van der Waals surface area contributed by atoms with Crippen LogP contribution in [0.25, 0.3) is 0 Å². The van der Waals surface area contributed by atoms with Crippen molar-refractivity contribution >= 4 is 18.5 Å². The van der Waals surface area contributed by atoms with Crippen molar-refractivity contribution in [3.05, 3.63) is 29.3 Å². The smallest absolute Gasteiger partial charge is 0.399 e. The summed E-state index contributed by atoms with van der Waals surface area (Å²) in [6.45, 7) is 9.85. The Balaban J connectivity index is 1.90. The molecule has 2 heterocycles. The summed E-state index contributed by atoms with van der Waals surface area (Å²) in [5.74, 6) is -1.92. The first-order valence-electron chi connectivity index (χ1n) is 8.69. The van der Waals surface area contributed by atoms with E-state index >= 15 is 0 Å².